The van der Waals surface area contributed by atoms with Gasteiger partial charge in [-0.25, -0.2) is 12.8 Å². The molecule has 0 aliphatic rings. The average Bonchev–Trinajstić information content (AvgIpc) is 2.60. The van der Waals surface area contributed by atoms with Crippen molar-refractivity contribution in [1.29, 1.82) is 0 Å². The van der Waals surface area contributed by atoms with Gasteiger partial charge in [0.05, 0.1) is 11.5 Å². The molecule has 0 saturated carbocycles. The minimum atomic E-state index is -4.76. The summed E-state index contributed by atoms with van der Waals surface area (Å²) in [5, 5.41) is 2.20. The molecule has 11 heteroatoms. The summed E-state index contributed by atoms with van der Waals surface area (Å²) in [7, 11) is -3.99. The molecule has 1 N–H and O–H groups in total. The van der Waals surface area contributed by atoms with Crippen LogP contribution in [0.3, 0.4) is 0 Å². The van der Waals surface area contributed by atoms with Crippen molar-refractivity contribution in [3.05, 3.63) is 65.5 Å². The van der Waals surface area contributed by atoms with E-state index in [0.29, 0.717) is 0 Å². The number of para-hydroxylation sites is 1. The third-order valence-corrected chi connectivity index (χ3v) is 5.81. The minimum Gasteiger partial charge on any atom is -0.435 e. The number of halogens is 6. The fourth-order valence-corrected chi connectivity index (χ4v) is 4.57. The molecular weight excluding hydrogens is 436 g/mol. The van der Waals surface area contributed by atoms with Crippen LogP contribution in [0.4, 0.5) is 26.3 Å². The van der Waals surface area contributed by atoms with Crippen LogP contribution in [0.25, 0.3) is 0 Å². The van der Waals surface area contributed by atoms with Gasteiger partial charge in [-0.2, -0.15) is 22.0 Å². The fraction of sp³-hybridized carbons (Fsp3) is 0.368. The Hall–Kier alpha value is -2.27. The lowest BCUT2D eigenvalue weighted by Gasteiger charge is -2.26. The lowest BCUT2D eigenvalue weighted by atomic mass is 10.1. The van der Waals surface area contributed by atoms with Crippen LogP contribution in [0, 0.1) is 5.82 Å². The van der Waals surface area contributed by atoms with Crippen molar-refractivity contribution in [2.75, 3.05) is 5.75 Å². The number of alkyl halides is 5. The van der Waals surface area contributed by atoms with Gasteiger partial charge in [0.2, 0.25) is 0 Å². The van der Waals surface area contributed by atoms with E-state index in [-0.39, 0.29) is 16.9 Å². The summed E-state index contributed by atoms with van der Waals surface area (Å²) in [6.07, 6.45) is -4.76. The van der Waals surface area contributed by atoms with E-state index in [4.69, 9.17) is 0 Å². The lowest BCUT2D eigenvalue weighted by molar-refractivity contribution is -0.159. The third kappa shape index (κ3) is 7.21. The molecule has 2 rings (SSSR count). The van der Waals surface area contributed by atoms with E-state index in [0.717, 1.165) is 24.3 Å². The quantitative estimate of drug-likeness (QED) is 0.561. The maximum atomic E-state index is 13.4. The highest BCUT2D eigenvalue weighted by Gasteiger charge is 2.41. The van der Waals surface area contributed by atoms with Gasteiger partial charge in [0.15, 0.2) is 9.84 Å². The number of benzene rings is 2. The summed E-state index contributed by atoms with van der Waals surface area (Å²) in [5.74, 6) is -2.41. The number of hydrogen-bond donors (Lipinski definition) is 1. The van der Waals surface area contributed by atoms with Crippen LogP contribution < -0.4 is 10.1 Å². The van der Waals surface area contributed by atoms with E-state index >= 15 is 0 Å². The van der Waals surface area contributed by atoms with Crippen LogP contribution in [-0.4, -0.2) is 33.0 Å². The second kappa shape index (κ2) is 9.69. The Kier molecular flexibility index (Phi) is 7.75. The zero-order chi connectivity index (χ0) is 22.5. The van der Waals surface area contributed by atoms with Crippen LogP contribution in [0.1, 0.15) is 24.1 Å². The van der Waals surface area contributed by atoms with Gasteiger partial charge in [0.25, 0.3) is 0 Å². The van der Waals surface area contributed by atoms with Gasteiger partial charge in [-0.15, -0.1) is 0 Å². The van der Waals surface area contributed by atoms with Crippen molar-refractivity contribution < 1.29 is 39.5 Å². The molecular formula is C19H19F6NO3S. The molecule has 0 aromatic heterocycles. The molecule has 2 atom stereocenters. The van der Waals surface area contributed by atoms with E-state index in [1.807, 2.05) is 0 Å². The Morgan fingerprint density at radius 1 is 1.03 bits per heavy atom. The number of nitrogens with one attached hydrogen (secondary N) is 1. The number of hydrogen-bond acceptors (Lipinski definition) is 4. The highest BCUT2D eigenvalue weighted by molar-refractivity contribution is 7.90. The van der Waals surface area contributed by atoms with Crippen molar-refractivity contribution in [3.63, 3.8) is 0 Å². The smallest absolute Gasteiger partial charge is 0.407 e. The molecule has 2 aromatic carbocycles. The van der Waals surface area contributed by atoms with Crippen molar-refractivity contribution >= 4 is 9.84 Å². The van der Waals surface area contributed by atoms with Crippen LogP contribution in [0.2, 0.25) is 0 Å². The van der Waals surface area contributed by atoms with E-state index in [2.05, 4.69) is 10.1 Å². The summed E-state index contributed by atoms with van der Waals surface area (Å²) in [5.41, 5.74) is -0.306. The highest BCUT2D eigenvalue weighted by atomic mass is 32.2. The molecule has 0 radical (unpaired) electrons. The SMILES string of the molecule is CC(CS(=O)(=O)Cc1ccccc1OC(F)F)NC(c1ccc(F)cc1)C(F)(F)F. The van der Waals surface area contributed by atoms with Gasteiger partial charge < -0.3 is 4.74 Å². The second-order valence-electron chi connectivity index (χ2n) is 6.63. The topological polar surface area (TPSA) is 55.4 Å². The molecule has 0 aliphatic carbocycles. The monoisotopic (exact) mass is 455 g/mol. The molecule has 0 spiro atoms. The first-order valence-corrected chi connectivity index (χ1v) is 10.5. The van der Waals surface area contributed by atoms with Crippen LogP contribution in [0.5, 0.6) is 5.75 Å². The van der Waals surface area contributed by atoms with E-state index in [1.54, 1.807) is 0 Å². The first-order chi connectivity index (χ1) is 13.9. The summed E-state index contributed by atoms with van der Waals surface area (Å²) in [6.45, 7) is -1.90. The Bertz CT molecular complexity index is 932. The Morgan fingerprint density at radius 2 is 1.63 bits per heavy atom. The van der Waals surface area contributed by atoms with E-state index < -0.39 is 52.0 Å². The van der Waals surface area contributed by atoms with Gasteiger partial charge in [0, 0.05) is 11.6 Å². The van der Waals surface area contributed by atoms with Crippen molar-refractivity contribution in [3.8, 4) is 5.75 Å². The van der Waals surface area contributed by atoms with Gasteiger partial charge in [-0.05, 0) is 30.7 Å². The fourth-order valence-electron chi connectivity index (χ4n) is 2.88. The second-order valence-corrected chi connectivity index (χ2v) is 8.74. The zero-order valence-corrected chi connectivity index (χ0v) is 16.5. The first kappa shape index (κ1) is 24.0. The van der Waals surface area contributed by atoms with Crippen molar-refractivity contribution in [2.45, 2.75) is 37.5 Å². The van der Waals surface area contributed by atoms with E-state index in [1.165, 1.54) is 31.2 Å². The van der Waals surface area contributed by atoms with Gasteiger partial charge in [-0.3, -0.25) is 5.32 Å². The molecule has 2 aromatic rings. The molecule has 0 fully saturated rings. The van der Waals surface area contributed by atoms with Crippen LogP contribution in [0.15, 0.2) is 48.5 Å². The Morgan fingerprint density at radius 3 is 2.20 bits per heavy atom. The zero-order valence-electron chi connectivity index (χ0n) is 15.7. The minimum absolute atomic E-state index is 0.0316. The molecule has 166 valence electrons. The van der Waals surface area contributed by atoms with Gasteiger partial charge in [-0.1, -0.05) is 30.3 Å². The van der Waals surface area contributed by atoms with Gasteiger partial charge >= 0.3 is 12.8 Å². The number of sulfone groups is 1. The molecule has 0 bridgehead atoms. The predicted molar refractivity (Wildman–Crippen MR) is 98.4 cm³/mol. The Labute approximate surface area is 169 Å². The first-order valence-electron chi connectivity index (χ1n) is 8.69. The maximum absolute atomic E-state index is 13.4. The summed E-state index contributed by atoms with van der Waals surface area (Å²) >= 11 is 0. The van der Waals surface area contributed by atoms with Crippen molar-refractivity contribution in [1.82, 2.24) is 5.32 Å². The lowest BCUT2D eigenvalue weighted by Crippen LogP contribution is -2.42. The maximum Gasteiger partial charge on any atom is 0.407 e. The largest absolute Gasteiger partial charge is 0.435 e. The molecule has 0 heterocycles. The van der Waals surface area contributed by atoms with Crippen LogP contribution >= 0.6 is 0 Å². The Balaban J connectivity index is 2.13. The molecule has 2 unspecified atom stereocenters. The standard InChI is InChI=1S/C19H19F6NO3S/c1-12(26-17(19(23,24)25)13-6-8-15(20)9-7-13)10-30(27,28)11-14-4-2-3-5-16(14)29-18(21)22/h2-9,12,17-18,26H,10-11H2,1H3. The molecule has 0 aliphatic heterocycles. The number of ether oxygens (including phenoxy) is 1. The molecule has 4 nitrogen and oxygen atoms in total. The summed E-state index contributed by atoms with van der Waals surface area (Å²) < 4.78 is 107. The third-order valence-electron chi connectivity index (χ3n) is 4.05. The summed E-state index contributed by atoms with van der Waals surface area (Å²) in [6, 6.07) is 5.58. The summed E-state index contributed by atoms with van der Waals surface area (Å²) in [4.78, 5) is 0. The normalized spacial score (nSPS) is 14.5. The van der Waals surface area contributed by atoms with Gasteiger partial charge in [0.1, 0.15) is 17.6 Å². The molecule has 0 amide bonds. The number of rotatable bonds is 9. The van der Waals surface area contributed by atoms with Crippen molar-refractivity contribution in [2.24, 2.45) is 0 Å². The molecule has 0 saturated heterocycles. The van der Waals surface area contributed by atoms with E-state index in [9.17, 15) is 34.8 Å². The predicted octanol–water partition coefficient (Wildman–Crippen LogP) is 4.62. The van der Waals surface area contributed by atoms with Crippen LogP contribution in [-0.2, 0) is 15.6 Å². The average molecular weight is 455 g/mol. The molecule has 30 heavy (non-hydrogen) atoms. The highest BCUT2D eigenvalue weighted by Crippen LogP contribution is 2.33.